The summed E-state index contributed by atoms with van der Waals surface area (Å²) in [6, 6.07) is -0.193. The Morgan fingerprint density at radius 3 is 2.52 bits per heavy atom. The van der Waals surface area contributed by atoms with Crippen LogP contribution in [0.5, 0.6) is 0 Å². The SMILES string of the molecule is COC1CCC(Nc2c(F)c(F)c3c(N)nc(C)nc3c2F)C1. The third-order valence-electron chi connectivity index (χ3n) is 4.17. The predicted molar refractivity (Wildman–Crippen MR) is 80.6 cm³/mol. The van der Waals surface area contributed by atoms with Gasteiger partial charge in [0.2, 0.25) is 0 Å². The van der Waals surface area contributed by atoms with E-state index in [0.29, 0.717) is 12.8 Å². The summed E-state index contributed by atoms with van der Waals surface area (Å²) in [6.07, 6.45) is 2.09. The number of hydrogen-bond donors (Lipinski definition) is 2. The predicted octanol–water partition coefficient (Wildman–Crippen LogP) is 2.92. The van der Waals surface area contributed by atoms with E-state index in [1.807, 2.05) is 0 Å². The summed E-state index contributed by atoms with van der Waals surface area (Å²) in [5.74, 6) is -3.62. The van der Waals surface area contributed by atoms with Gasteiger partial charge in [-0.05, 0) is 26.2 Å². The highest BCUT2D eigenvalue weighted by atomic mass is 19.2. The van der Waals surface area contributed by atoms with Crippen molar-refractivity contribution >= 4 is 22.4 Å². The molecule has 1 heterocycles. The van der Waals surface area contributed by atoms with Gasteiger partial charge >= 0.3 is 0 Å². The van der Waals surface area contributed by atoms with Gasteiger partial charge in [0.1, 0.15) is 22.8 Å². The smallest absolute Gasteiger partial charge is 0.185 e. The van der Waals surface area contributed by atoms with Crippen LogP contribution in [-0.2, 0) is 4.74 Å². The molecule has 124 valence electrons. The van der Waals surface area contributed by atoms with Crippen LogP contribution >= 0.6 is 0 Å². The number of methoxy groups -OCH3 is 1. The highest BCUT2D eigenvalue weighted by Gasteiger charge is 2.29. The van der Waals surface area contributed by atoms with Gasteiger partial charge < -0.3 is 15.8 Å². The van der Waals surface area contributed by atoms with E-state index >= 15 is 0 Å². The first-order chi connectivity index (χ1) is 10.9. The molecule has 0 spiro atoms. The molecule has 1 aliphatic rings. The van der Waals surface area contributed by atoms with Crippen molar-refractivity contribution in [3.63, 3.8) is 0 Å². The lowest BCUT2D eigenvalue weighted by molar-refractivity contribution is 0.108. The van der Waals surface area contributed by atoms with Crippen LogP contribution in [0.4, 0.5) is 24.7 Å². The van der Waals surface area contributed by atoms with Gasteiger partial charge in [-0.25, -0.2) is 23.1 Å². The first kappa shape index (κ1) is 15.8. The number of fused-ring (bicyclic) bond motifs is 1. The molecule has 3 N–H and O–H groups in total. The Morgan fingerprint density at radius 2 is 1.87 bits per heavy atom. The van der Waals surface area contributed by atoms with Crippen LogP contribution in [0.3, 0.4) is 0 Å². The topological polar surface area (TPSA) is 73.1 Å². The molecular formula is C15H17F3N4O. The van der Waals surface area contributed by atoms with Gasteiger partial charge in [-0.1, -0.05) is 0 Å². The second-order valence-electron chi connectivity index (χ2n) is 5.71. The maximum Gasteiger partial charge on any atom is 0.185 e. The van der Waals surface area contributed by atoms with Crippen molar-refractivity contribution < 1.29 is 17.9 Å². The monoisotopic (exact) mass is 326 g/mol. The Morgan fingerprint density at radius 1 is 1.13 bits per heavy atom. The molecule has 0 saturated heterocycles. The third kappa shape index (κ3) is 2.67. The quantitative estimate of drug-likeness (QED) is 0.849. The standard InChI is InChI=1S/C15H17F3N4O/c1-6-20-13-9(15(19)21-6)10(16)11(17)14(12(13)18)22-7-3-4-8(5-7)23-2/h7-8,22H,3-5H2,1-2H3,(H2,19,20,21). The lowest BCUT2D eigenvalue weighted by atomic mass is 10.1. The molecule has 0 radical (unpaired) electrons. The molecule has 1 fully saturated rings. The Kier molecular flexibility index (Phi) is 4.01. The van der Waals surface area contributed by atoms with Crippen molar-refractivity contribution in [1.29, 1.82) is 0 Å². The molecule has 3 rings (SSSR count). The molecule has 2 aromatic rings. The van der Waals surface area contributed by atoms with Crippen molar-refractivity contribution in [2.45, 2.75) is 38.3 Å². The molecule has 0 aliphatic heterocycles. The highest BCUT2D eigenvalue weighted by Crippen LogP contribution is 2.34. The molecule has 1 aliphatic carbocycles. The van der Waals surface area contributed by atoms with E-state index in [2.05, 4.69) is 15.3 Å². The Bertz CT molecular complexity index is 768. The van der Waals surface area contributed by atoms with Crippen LogP contribution in [-0.4, -0.2) is 29.2 Å². The van der Waals surface area contributed by atoms with Crippen LogP contribution < -0.4 is 11.1 Å². The van der Waals surface area contributed by atoms with Crippen molar-refractivity contribution in [2.24, 2.45) is 0 Å². The van der Waals surface area contributed by atoms with Gasteiger partial charge in [0.05, 0.1) is 11.5 Å². The Hall–Kier alpha value is -2.09. The van der Waals surface area contributed by atoms with Crippen LogP contribution in [0.15, 0.2) is 0 Å². The van der Waals surface area contributed by atoms with Crippen LogP contribution in [0, 0.1) is 24.4 Å². The summed E-state index contributed by atoms with van der Waals surface area (Å²) in [5.41, 5.74) is 4.74. The average Bonchev–Trinajstić information content (AvgIpc) is 2.96. The maximum absolute atomic E-state index is 14.7. The fourth-order valence-electron chi connectivity index (χ4n) is 3.02. The van der Waals surface area contributed by atoms with Gasteiger partial charge in [-0.3, -0.25) is 0 Å². The number of nitrogens with zero attached hydrogens (tertiary/aromatic N) is 2. The first-order valence-corrected chi connectivity index (χ1v) is 7.32. The lowest BCUT2D eigenvalue weighted by Crippen LogP contribution is -2.20. The summed E-state index contributed by atoms with van der Waals surface area (Å²) in [7, 11) is 1.59. The van der Waals surface area contributed by atoms with E-state index < -0.39 is 28.5 Å². The van der Waals surface area contributed by atoms with Crippen molar-refractivity contribution in [3.8, 4) is 0 Å². The summed E-state index contributed by atoms with van der Waals surface area (Å²) < 4.78 is 48.4. The summed E-state index contributed by atoms with van der Waals surface area (Å²) in [6.45, 7) is 1.50. The molecule has 1 aromatic carbocycles. The van der Waals surface area contributed by atoms with Gasteiger partial charge in [-0.15, -0.1) is 0 Å². The molecule has 2 atom stereocenters. The van der Waals surface area contributed by atoms with E-state index in [1.54, 1.807) is 7.11 Å². The number of halogens is 3. The third-order valence-corrected chi connectivity index (χ3v) is 4.17. The molecular weight excluding hydrogens is 309 g/mol. The summed E-state index contributed by atoms with van der Waals surface area (Å²) in [4.78, 5) is 7.62. The molecule has 8 heteroatoms. The second kappa shape index (κ2) is 5.84. The number of nitrogen functional groups attached to an aromatic ring is 1. The number of ether oxygens (including phenoxy) is 1. The second-order valence-corrected chi connectivity index (χ2v) is 5.71. The van der Waals surface area contributed by atoms with Crippen LogP contribution in [0.2, 0.25) is 0 Å². The normalized spacial score (nSPS) is 21.1. The minimum atomic E-state index is -1.31. The largest absolute Gasteiger partial charge is 0.383 e. The number of aromatic nitrogens is 2. The Labute approximate surface area is 131 Å². The molecule has 5 nitrogen and oxygen atoms in total. The van der Waals surface area contributed by atoms with Gasteiger partial charge in [0.25, 0.3) is 0 Å². The maximum atomic E-state index is 14.7. The number of anilines is 2. The molecule has 1 aromatic heterocycles. The van der Waals surface area contributed by atoms with Gasteiger partial charge in [-0.2, -0.15) is 0 Å². The minimum absolute atomic E-state index is 0.0316. The number of nitrogens with one attached hydrogen (secondary N) is 1. The molecule has 2 unspecified atom stereocenters. The zero-order valence-corrected chi connectivity index (χ0v) is 12.8. The number of rotatable bonds is 3. The van der Waals surface area contributed by atoms with E-state index in [0.717, 1.165) is 6.42 Å². The zero-order valence-electron chi connectivity index (χ0n) is 12.8. The average molecular weight is 326 g/mol. The first-order valence-electron chi connectivity index (χ1n) is 7.32. The zero-order chi connectivity index (χ0) is 16.7. The number of nitrogens with two attached hydrogens (primary N) is 1. The van der Waals surface area contributed by atoms with Crippen molar-refractivity contribution in [3.05, 3.63) is 23.3 Å². The van der Waals surface area contributed by atoms with Crippen LogP contribution in [0.25, 0.3) is 10.9 Å². The van der Waals surface area contributed by atoms with Crippen molar-refractivity contribution in [1.82, 2.24) is 9.97 Å². The molecule has 1 saturated carbocycles. The highest BCUT2D eigenvalue weighted by molar-refractivity contribution is 5.91. The van der Waals surface area contributed by atoms with Gasteiger partial charge in [0.15, 0.2) is 17.5 Å². The molecule has 0 bridgehead atoms. The Balaban J connectivity index is 2.07. The molecule has 23 heavy (non-hydrogen) atoms. The van der Waals surface area contributed by atoms with E-state index in [-0.39, 0.29) is 29.3 Å². The van der Waals surface area contributed by atoms with Gasteiger partial charge in [0, 0.05) is 13.2 Å². The summed E-state index contributed by atoms with van der Waals surface area (Å²) in [5, 5.41) is 2.31. The number of hydrogen-bond acceptors (Lipinski definition) is 5. The number of benzene rings is 1. The fraction of sp³-hybridized carbons (Fsp3) is 0.467. The van der Waals surface area contributed by atoms with E-state index in [1.165, 1.54) is 6.92 Å². The number of aryl methyl sites for hydroxylation is 1. The minimum Gasteiger partial charge on any atom is -0.383 e. The van der Waals surface area contributed by atoms with E-state index in [4.69, 9.17) is 10.5 Å². The van der Waals surface area contributed by atoms with Crippen molar-refractivity contribution in [2.75, 3.05) is 18.2 Å². The van der Waals surface area contributed by atoms with E-state index in [9.17, 15) is 13.2 Å². The lowest BCUT2D eigenvalue weighted by Gasteiger charge is -2.17. The fourth-order valence-corrected chi connectivity index (χ4v) is 3.02. The molecule has 0 amide bonds. The van der Waals surface area contributed by atoms with Crippen LogP contribution in [0.1, 0.15) is 25.1 Å². The summed E-state index contributed by atoms with van der Waals surface area (Å²) >= 11 is 0.